The molecule has 1 heterocycles. The quantitative estimate of drug-likeness (QED) is 0.852. The van der Waals surface area contributed by atoms with Gasteiger partial charge in [0.25, 0.3) is 0 Å². The van der Waals surface area contributed by atoms with E-state index in [2.05, 4.69) is 55.3 Å². The normalized spacial score (nSPS) is 12.9. The Bertz CT molecular complexity index is 486. The Kier molecular flexibility index (Phi) is 3.62. The van der Waals surface area contributed by atoms with Gasteiger partial charge in [-0.15, -0.1) is 0 Å². The smallest absolute Gasteiger partial charge is 0.0437 e. The van der Waals surface area contributed by atoms with Gasteiger partial charge in [0.1, 0.15) is 0 Å². The molecule has 0 aliphatic rings. The van der Waals surface area contributed by atoms with Gasteiger partial charge in [-0.05, 0) is 29.9 Å². The van der Waals surface area contributed by atoms with E-state index in [4.69, 9.17) is 0 Å². The summed E-state index contributed by atoms with van der Waals surface area (Å²) in [6.45, 7) is 6.73. The SMILES string of the molecule is CCC(Nc1cccc2ccncc12)C(C)C. The van der Waals surface area contributed by atoms with Crippen LogP contribution in [-0.2, 0) is 0 Å². The summed E-state index contributed by atoms with van der Waals surface area (Å²) in [5.74, 6) is 0.631. The highest BCUT2D eigenvalue weighted by Crippen LogP contribution is 2.24. The van der Waals surface area contributed by atoms with E-state index in [0.717, 1.165) is 6.42 Å². The molecule has 0 amide bonds. The van der Waals surface area contributed by atoms with Crippen molar-refractivity contribution >= 4 is 16.5 Å². The third-order valence-corrected chi connectivity index (χ3v) is 3.27. The minimum atomic E-state index is 0.515. The maximum absolute atomic E-state index is 4.21. The Balaban J connectivity index is 2.35. The van der Waals surface area contributed by atoms with Crippen molar-refractivity contribution in [3.05, 3.63) is 36.7 Å². The maximum Gasteiger partial charge on any atom is 0.0437 e. The summed E-state index contributed by atoms with van der Waals surface area (Å²) in [5.41, 5.74) is 1.19. The molecular formula is C15H20N2. The minimum absolute atomic E-state index is 0.515. The van der Waals surface area contributed by atoms with Crippen molar-refractivity contribution < 1.29 is 0 Å². The van der Waals surface area contributed by atoms with Crippen LogP contribution in [0, 0.1) is 5.92 Å². The monoisotopic (exact) mass is 228 g/mol. The Morgan fingerprint density at radius 1 is 1.24 bits per heavy atom. The number of nitrogens with one attached hydrogen (secondary N) is 1. The van der Waals surface area contributed by atoms with Gasteiger partial charge in [0.2, 0.25) is 0 Å². The van der Waals surface area contributed by atoms with E-state index in [1.165, 1.54) is 16.5 Å². The zero-order valence-corrected chi connectivity index (χ0v) is 10.8. The predicted molar refractivity (Wildman–Crippen MR) is 74.3 cm³/mol. The van der Waals surface area contributed by atoms with Crippen LogP contribution in [0.2, 0.25) is 0 Å². The van der Waals surface area contributed by atoms with Crippen LogP contribution in [0.1, 0.15) is 27.2 Å². The molecule has 2 rings (SSSR count). The molecule has 2 nitrogen and oxygen atoms in total. The second-order valence-electron chi connectivity index (χ2n) is 4.81. The lowest BCUT2D eigenvalue weighted by Crippen LogP contribution is -2.24. The molecule has 1 aromatic heterocycles. The Hall–Kier alpha value is -1.57. The van der Waals surface area contributed by atoms with E-state index >= 15 is 0 Å². The largest absolute Gasteiger partial charge is 0.382 e. The molecule has 1 aromatic carbocycles. The summed E-state index contributed by atoms with van der Waals surface area (Å²) in [4.78, 5) is 4.21. The lowest BCUT2D eigenvalue weighted by atomic mass is 10.0. The first kappa shape index (κ1) is 11.9. The van der Waals surface area contributed by atoms with Crippen LogP contribution in [0.4, 0.5) is 5.69 Å². The zero-order valence-electron chi connectivity index (χ0n) is 10.8. The molecule has 0 fully saturated rings. The molecule has 0 aliphatic carbocycles. The van der Waals surface area contributed by atoms with E-state index in [9.17, 15) is 0 Å². The van der Waals surface area contributed by atoms with Crippen LogP contribution in [0.15, 0.2) is 36.7 Å². The van der Waals surface area contributed by atoms with E-state index in [-0.39, 0.29) is 0 Å². The summed E-state index contributed by atoms with van der Waals surface area (Å²) >= 11 is 0. The first-order valence-corrected chi connectivity index (χ1v) is 6.31. The Morgan fingerprint density at radius 3 is 2.76 bits per heavy atom. The third kappa shape index (κ3) is 2.57. The van der Waals surface area contributed by atoms with Gasteiger partial charge in [-0.3, -0.25) is 4.98 Å². The minimum Gasteiger partial charge on any atom is -0.382 e. The molecule has 0 saturated heterocycles. The standard InChI is InChI=1S/C15H20N2/c1-4-14(11(2)3)17-15-7-5-6-12-8-9-16-10-13(12)15/h5-11,14,17H,4H2,1-3H3. The van der Waals surface area contributed by atoms with Crippen LogP contribution >= 0.6 is 0 Å². The molecule has 90 valence electrons. The molecule has 0 saturated carbocycles. The average molecular weight is 228 g/mol. The van der Waals surface area contributed by atoms with Gasteiger partial charge in [-0.1, -0.05) is 32.9 Å². The molecule has 0 spiro atoms. The molecule has 1 unspecified atom stereocenters. The number of benzene rings is 1. The topological polar surface area (TPSA) is 24.9 Å². The molecule has 2 heteroatoms. The molecular weight excluding hydrogens is 208 g/mol. The van der Waals surface area contributed by atoms with Crippen molar-refractivity contribution in [3.8, 4) is 0 Å². The maximum atomic E-state index is 4.21. The number of hydrogen-bond donors (Lipinski definition) is 1. The van der Waals surface area contributed by atoms with E-state index in [1.807, 2.05) is 12.4 Å². The van der Waals surface area contributed by atoms with Gasteiger partial charge in [0, 0.05) is 29.5 Å². The fourth-order valence-electron chi connectivity index (χ4n) is 2.18. The number of aromatic nitrogens is 1. The Morgan fingerprint density at radius 2 is 2.06 bits per heavy atom. The fraction of sp³-hybridized carbons (Fsp3) is 0.400. The van der Waals surface area contributed by atoms with Crippen molar-refractivity contribution in [2.24, 2.45) is 5.92 Å². The number of pyridine rings is 1. The van der Waals surface area contributed by atoms with Crippen LogP contribution in [-0.4, -0.2) is 11.0 Å². The van der Waals surface area contributed by atoms with Crippen LogP contribution in [0.25, 0.3) is 10.8 Å². The number of hydrogen-bond acceptors (Lipinski definition) is 2. The second-order valence-corrected chi connectivity index (χ2v) is 4.81. The highest BCUT2D eigenvalue weighted by molar-refractivity contribution is 5.93. The second kappa shape index (κ2) is 5.17. The predicted octanol–water partition coefficient (Wildman–Crippen LogP) is 4.08. The number of anilines is 1. The zero-order chi connectivity index (χ0) is 12.3. The molecule has 0 radical (unpaired) electrons. The highest BCUT2D eigenvalue weighted by atomic mass is 14.9. The molecule has 1 atom stereocenters. The van der Waals surface area contributed by atoms with Gasteiger partial charge >= 0.3 is 0 Å². The van der Waals surface area contributed by atoms with Gasteiger partial charge in [-0.25, -0.2) is 0 Å². The van der Waals surface area contributed by atoms with E-state index in [1.54, 1.807) is 0 Å². The number of nitrogens with zero attached hydrogens (tertiary/aromatic N) is 1. The third-order valence-electron chi connectivity index (χ3n) is 3.27. The molecule has 0 aliphatic heterocycles. The van der Waals surface area contributed by atoms with Crippen molar-refractivity contribution in [1.29, 1.82) is 0 Å². The highest BCUT2D eigenvalue weighted by Gasteiger charge is 2.11. The molecule has 17 heavy (non-hydrogen) atoms. The molecule has 0 bridgehead atoms. The van der Waals surface area contributed by atoms with Crippen molar-refractivity contribution in [2.45, 2.75) is 33.2 Å². The summed E-state index contributed by atoms with van der Waals surface area (Å²) in [6.07, 6.45) is 4.91. The number of rotatable bonds is 4. The van der Waals surface area contributed by atoms with Crippen LogP contribution in [0.5, 0.6) is 0 Å². The average Bonchev–Trinajstić information content (AvgIpc) is 2.35. The van der Waals surface area contributed by atoms with Gasteiger partial charge in [0.05, 0.1) is 0 Å². The van der Waals surface area contributed by atoms with Crippen LogP contribution < -0.4 is 5.32 Å². The summed E-state index contributed by atoms with van der Waals surface area (Å²) in [5, 5.41) is 6.07. The summed E-state index contributed by atoms with van der Waals surface area (Å²) < 4.78 is 0. The van der Waals surface area contributed by atoms with Crippen molar-refractivity contribution in [3.63, 3.8) is 0 Å². The van der Waals surface area contributed by atoms with Gasteiger partial charge < -0.3 is 5.32 Å². The summed E-state index contributed by atoms with van der Waals surface area (Å²) in [6, 6.07) is 8.92. The fourth-order valence-corrected chi connectivity index (χ4v) is 2.18. The van der Waals surface area contributed by atoms with E-state index in [0.29, 0.717) is 12.0 Å². The lowest BCUT2D eigenvalue weighted by Gasteiger charge is -2.22. The summed E-state index contributed by atoms with van der Waals surface area (Å²) in [7, 11) is 0. The van der Waals surface area contributed by atoms with Gasteiger partial charge in [0.15, 0.2) is 0 Å². The van der Waals surface area contributed by atoms with Crippen molar-refractivity contribution in [2.75, 3.05) is 5.32 Å². The Labute approximate surface area is 103 Å². The lowest BCUT2D eigenvalue weighted by molar-refractivity contribution is 0.511. The molecule has 2 aromatic rings. The van der Waals surface area contributed by atoms with E-state index < -0.39 is 0 Å². The molecule has 1 N–H and O–H groups in total. The van der Waals surface area contributed by atoms with Gasteiger partial charge in [-0.2, -0.15) is 0 Å². The van der Waals surface area contributed by atoms with Crippen LogP contribution in [0.3, 0.4) is 0 Å². The first-order chi connectivity index (χ1) is 8.22. The number of fused-ring (bicyclic) bond motifs is 1. The first-order valence-electron chi connectivity index (χ1n) is 6.31. The van der Waals surface area contributed by atoms with Crippen molar-refractivity contribution in [1.82, 2.24) is 4.98 Å².